The summed E-state index contributed by atoms with van der Waals surface area (Å²) in [5, 5.41) is 10.8. The SMILES string of the molecule is Cc1ccccc1-c1nnc(SCC(=O)n2c3ccccc3c3ccccc32)o1. The van der Waals surface area contributed by atoms with E-state index in [1.54, 1.807) is 4.57 Å². The summed E-state index contributed by atoms with van der Waals surface area (Å²) in [6.07, 6.45) is 0. The van der Waals surface area contributed by atoms with Gasteiger partial charge in [-0.05, 0) is 30.7 Å². The van der Waals surface area contributed by atoms with Crippen LogP contribution in [0, 0.1) is 6.92 Å². The quantitative estimate of drug-likeness (QED) is 0.369. The van der Waals surface area contributed by atoms with E-state index in [-0.39, 0.29) is 11.7 Å². The molecular formula is C23H17N3O2S. The molecule has 29 heavy (non-hydrogen) atoms. The molecule has 0 fully saturated rings. The lowest BCUT2D eigenvalue weighted by Crippen LogP contribution is -2.12. The molecule has 0 radical (unpaired) electrons. The van der Waals surface area contributed by atoms with E-state index < -0.39 is 0 Å². The monoisotopic (exact) mass is 399 g/mol. The van der Waals surface area contributed by atoms with Crippen LogP contribution in [0.15, 0.2) is 82.4 Å². The fourth-order valence-electron chi connectivity index (χ4n) is 3.57. The van der Waals surface area contributed by atoms with Gasteiger partial charge in [-0.25, -0.2) is 0 Å². The van der Waals surface area contributed by atoms with Crippen molar-refractivity contribution in [2.75, 3.05) is 5.75 Å². The molecular weight excluding hydrogens is 382 g/mol. The molecule has 0 aliphatic rings. The van der Waals surface area contributed by atoms with Crippen LogP contribution in [0.5, 0.6) is 0 Å². The fraction of sp³-hybridized carbons (Fsp3) is 0.0870. The summed E-state index contributed by atoms with van der Waals surface area (Å²) in [5.74, 6) is 0.649. The van der Waals surface area contributed by atoms with Crippen LogP contribution in [0.4, 0.5) is 0 Å². The lowest BCUT2D eigenvalue weighted by Gasteiger charge is -2.04. The van der Waals surface area contributed by atoms with Gasteiger partial charge in [0.05, 0.1) is 16.8 Å². The molecule has 0 saturated carbocycles. The van der Waals surface area contributed by atoms with Crippen LogP contribution in [0.2, 0.25) is 0 Å². The van der Waals surface area contributed by atoms with E-state index in [2.05, 4.69) is 10.2 Å². The van der Waals surface area contributed by atoms with E-state index in [1.807, 2.05) is 79.7 Å². The second-order valence-corrected chi connectivity index (χ2v) is 7.67. The van der Waals surface area contributed by atoms with Gasteiger partial charge in [0.15, 0.2) is 0 Å². The average Bonchev–Trinajstić information content (AvgIpc) is 3.35. The zero-order valence-corrected chi connectivity index (χ0v) is 16.5. The van der Waals surface area contributed by atoms with Gasteiger partial charge in [-0.2, -0.15) is 0 Å². The van der Waals surface area contributed by atoms with Crippen molar-refractivity contribution in [3.63, 3.8) is 0 Å². The Hall–Kier alpha value is -3.38. The Kier molecular flexibility index (Phi) is 4.41. The molecule has 0 atom stereocenters. The van der Waals surface area contributed by atoms with Crippen LogP contribution >= 0.6 is 11.8 Å². The topological polar surface area (TPSA) is 60.9 Å². The van der Waals surface area contributed by atoms with Gasteiger partial charge in [0.1, 0.15) is 0 Å². The summed E-state index contributed by atoms with van der Waals surface area (Å²) in [6, 6.07) is 23.8. The maximum absolute atomic E-state index is 13.1. The number of carbonyl (C=O) groups excluding carboxylic acids is 1. The maximum atomic E-state index is 13.1. The number of aryl methyl sites for hydroxylation is 1. The van der Waals surface area contributed by atoms with Crippen LogP contribution in [-0.2, 0) is 0 Å². The van der Waals surface area contributed by atoms with Gasteiger partial charge in [-0.15, -0.1) is 10.2 Å². The number of thioether (sulfide) groups is 1. The molecule has 0 unspecified atom stereocenters. The van der Waals surface area contributed by atoms with E-state index in [9.17, 15) is 4.79 Å². The minimum Gasteiger partial charge on any atom is -0.411 e. The lowest BCUT2D eigenvalue weighted by molar-refractivity contribution is 0.0951. The molecule has 2 heterocycles. The van der Waals surface area contributed by atoms with Gasteiger partial charge in [0.2, 0.25) is 11.8 Å². The second kappa shape index (κ2) is 7.22. The summed E-state index contributed by atoms with van der Waals surface area (Å²) in [4.78, 5) is 13.1. The Morgan fingerprint density at radius 3 is 2.21 bits per heavy atom. The van der Waals surface area contributed by atoms with E-state index in [1.165, 1.54) is 11.8 Å². The number of hydrogen-bond acceptors (Lipinski definition) is 5. The summed E-state index contributed by atoms with van der Waals surface area (Å²) >= 11 is 1.25. The van der Waals surface area contributed by atoms with Crippen molar-refractivity contribution in [3.05, 3.63) is 78.4 Å². The molecule has 142 valence electrons. The van der Waals surface area contributed by atoms with Crippen molar-refractivity contribution in [2.45, 2.75) is 12.1 Å². The van der Waals surface area contributed by atoms with Crippen molar-refractivity contribution in [1.82, 2.24) is 14.8 Å². The first kappa shape index (κ1) is 17.7. The molecule has 0 aliphatic heterocycles. The highest BCUT2D eigenvalue weighted by atomic mass is 32.2. The maximum Gasteiger partial charge on any atom is 0.277 e. The molecule has 5 nitrogen and oxygen atoms in total. The largest absolute Gasteiger partial charge is 0.411 e. The molecule has 0 N–H and O–H groups in total. The van der Waals surface area contributed by atoms with Gasteiger partial charge in [-0.3, -0.25) is 9.36 Å². The number of hydrogen-bond donors (Lipinski definition) is 0. The number of nitrogens with zero attached hydrogens (tertiary/aromatic N) is 3. The number of benzene rings is 3. The Bertz CT molecular complexity index is 1300. The normalized spacial score (nSPS) is 11.3. The summed E-state index contributed by atoms with van der Waals surface area (Å²) < 4.78 is 7.55. The van der Waals surface area contributed by atoms with E-state index in [0.717, 1.165) is 32.9 Å². The highest BCUT2D eigenvalue weighted by Gasteiger charge is 2.17. The smallest absolute Gasteiger partial charge is 0.277 e. The Morgan fingerprint density at radius 1 is 0.897 bits per heavy atom. The minimum atomic E-state index is -0.0250. The number of aromatic nitrogens is 3. The molecule has 0 bridgehead atoms. The highest BCUT2D eigenvalue weighted by Crippen LogP contribution is 2.30. The van der Waals surface area contributed by atoms with Crippen LogP contribution in [0.25, 0.3) is 33.3 Å². The van der Waals surface area contributed by atoms with Gasteiger partial charge in [0, 0.05) is 16.3 Å². The first-order valence-electron chi connectivity index (χ1n) is 9.26. The van der Waals surface area contributed by atoms with Crippen molar-refractivity contribution >= 4 is 39.5 Å². The Morgan fingerprint density at radius 2 is 1.52 bits per heavy atom. The van der Waals surface area contributed by atoms with Crippen LogP contribution in [-0.4, -0.2) is 26.4 Å². The average molecular weight is 399 g/mol. The predicted octanol–water partition coefficient (Wildman–Crippen LogP) is 5.59. The van der Waals surface area contributed by atoms with E-state index in [4.69, 9.17) is 4.42 Å². The molecule has 2 aromatic heterocycles. The standard InChI is InChI=1S/C23H17N3O2S/c1-15-8-2-3-9-16(15)22-24-25-23(28-22)29-14-21(27)26-19-12-6-4-10-17(19)18-11-5-7-13-20(18)26/h2-13H,14H2,1H3. The van der Waals surface area contributed by atoms with Crippen molar-refractivity contribution in [2.24, 2.45) is 0 Å². The van der Waals surface area contributed by atoms with Crippen molar-refractivity contribution < 1.29 is 9.21 Å². The molecule has 3 aromatic carbocycles. The molecule has 0 aliphatic carbocycles. The van der Waals surface area contributed by atoms with Crippen LogP contribution < -0.4 is 0 Å². The van der Waals surface area contributed by atoms with E-state index >= 15 is 0 Å². The Balaban J connectivity index is 1.43. The number of carbonyl (C=O) groups is 1. The third-order valence-electron chi connectivity index (χ3n) is 4.93. The molecule has 5 rings (SSSR count). The summed E-state index contributed by atoms with van der Waals surface area (Å²) in [5.41, 5.74) is 3.78. The summed E-state index contributed by atoms with van der Waals surface area (Å²) in [7, 11) is 0. The zero-order chi connectivity index (χ0) is 19.8. The van der Waals surface area contributed by atoms with E-state index in [0.29, 0.717) is 11.1 Å². The fourth-order valence-corrected chi connectivity index (χ4v) is 4.18. The molecule has 0 amide bonds. The first-order chi connectivity index (χ1) is 14.2. The van der Waals surface area contributed by atoms with Crippen LogP contribution in [0.3, 0.4) is 0 Å². The number of rotatable bonds is 4. The van der Waals surface area contributed by atoms with Gasteiger partial charge < -0.3 is 4.42 Å². The van der Waals surface area contributed by atoms with Crippen LogP contribution in [0.1, 0.15) is 10.4 Å². The molecule has 0 saturated heterocycles. The third-order valence-corrected chi connectivity index (χ3v) is 5.73. The third kappa shape index (κ3) is 3.11. The Labute approximate surface area is 171 Å². The van der Waals surface area contributed by atoms with Gasteiger partial charge in [-0.1, -0.05) is 66.4 Å². The second-order valence-electron chi connectivity index (χ2n) is 6.74. The molecule has 0 spiro atoms. The zero-order valence-electron chi connectivity index (χ0n) is 15.7. The molecule has 5 aromatic rings. The van der Waals surface area contributed by atoms with Crippen molar-refractivity contribution in [3.8, 4) is 11.5 Å². The van der Waals surface area contributed by atoms with Crippen molar-refractivity contribution in [1.29, 1.82) is 0 Å². The predicted molar refractivity (Wildman–Crippen MR) is 115 cm³/mol. The molecule has 6 heteroatoms. The first-order valence-corrected chi connectivity index (χ1v) is 10.2. The number of para-hydroxylation sites is 2. The summed E-state index contributed by atoms with van der Waals surface area (Å²) in [6.45, 7) is 2.00. The van der Waals surface area contributed by atoms with Gasteiger partial charge in [0.25, 0.3) is 5.22 Å². The van der Waals surface area contributed by atoms with Gasteiger partial charge >= 0.3 is 0 Å². The lowest BCUT2D eigenvalue weighted by atomic mass is 10.1. The minimum absolute atomic E-state index is 0.0250. The highest BCUT2D eigenvalue weighted by molar-refractivity contribution is 7.99. The number of fused-ring (bicyclic) bond motifs is 3.